The summed E-state index contributed by atoms with van der Waals surface area (Å²) in [5.41, 5.74) is 2.39. The first-order valence-electron chi connectivity index (χ1n) is 7.25. The number of nitrogens with one attached hydrogen (secondary N) is 1. The van der Waals surface area contributed by atoms with Crippen LogP contribution in [-0.2, 0) is 6.42 Å². The third-order valence-corrected chi connectivity index (χ3v) is 3.97. The maximum absolute atomic E-state index is 11.2. The Labute approximate surface area is 121 Å². The highest BCUT2D eigenvalue weighted by atomic mass is 16.6. The monoisotopic (exact) mass is 279 g/mol. The van der Waals surface area contributed by atoms with Gasteiger partial charge in [0.15, 0.2) is 0 Å². The molecule has 2 unspecified atom stereocenters. The lowest BCUT2D eigenvalue weighted by Crippen LogP contribution is -2.34. The molecule has 0 saturated carbocycles. The first-order chi connectivity index (χ1) is 9.42. The molecule has 1 N–H and O–H groups in total. The van der Waals surface area contributed by atoms with E-state index in [9.17, 15) is 10.1 Å². The molecule has 0 bridgehead atoms. The Balaban J connectivity index is 3.02. The van der Waals surface area contributed by atoms with Crippen molar-refractivity contribution in [1.82, 2.24) is 10.3 Å². The first kappa shape index (κ1) is 16.6. The number of nitro groups is 1. The quantitative estimate of drug-likeness (QED) is 0.615. The van der Waals surface area contributed by atoms with Gasteiger partial charge in [-0.2, -0.15) is 0 Å². The number of hydrogen-bond acceptors (Lipinski definition) is 4. The summed E-state index contributed by atoms with van der Waals surface area (Å²) in [5.74, 6) is 0.434. The minimum atomic E-state index is -0.301. The molecule has 0 aliphatic heterocycles. The molecule has 0 saturated heterocycles. The summed E-state index contributed by atoms with van der Waals surface area (Å²) in [7, 11) is 0. The van der Waals surface area contributed by atoms with Crippen molar-refractivity contribution in [3.63, 3.8) is 0 Å². The molecule has 112 valence electrons. The van der Waals surface area contributed by atoms with Crippen LogP contribution >= 0.6 is 0 Å². The number of aromatic nitrogens is 1. The zero-order valence-electron chi connectivity index (χ0n) is 13.1. The SMILES string of the molecule is CCNC(C)C(CC)Cc1ncc(C)c([N+](=O)[O-])c1C. The Bertz CT molecular complexity index is 474. The summed E-state index contributed by atoms with van der Waals surface area (Å²) in [6.07, 6.45) is 3.42. The van der Waals surface area contributed by atoms with Gasteiger partial charge in [-0.05, 0) is 39.7 Å². The zero-order chi connectivity index (χ0) is 15.3. The molecule has 0 fully saturated rings. The van der Waals surface area contributed by atoms with Crippen molar-refractivity contribution < 1.29 is 4.92 Å². The van der Waals surface area contributed by atoms with Gasteiger partial charge in [-0.25, -0.2) is 0 Å². The molecular formula is C15H25N3O2. The van der Waals surface area contributed by atoms with Gasteiger partial charge in [0.25, 0.3) is 5.69 Å². The molecule has 0 spiro atoms. The Kier molecular flexibility index (Phi) is 6.07. The first-order valence-corrected chi connectivity index (χ1v) is 7.25. The fourth-order valence-electron chi connectivity index (χ4n) is 2.66. The van der Waals surface area contributed by atoms with Crippen LogP contribution in [0.3, 0.4) is 0 Å². The molecule has 20 heavy (non-hydrogen) atoms. The average molecular weight is 279 g/mol. The Morgan fingerprint density at radius 3 is 2.55 bits per heavy atom. The molecule has 1 aromatic heterocycles. The van der Waals surface area contributed by atoms with Gasteiger partial charge in [0.1, 0.15) is 0 Å². The molecule has 5 heteroatoms. The van der Waals surface area contributed by atoms with E-state index in [0.717, 1.165) is 25.1 Å². The van der Waals surface area contributed by atoms with Crippen molar-refractivity contribution in [2.24, 2.45) is 5.92 Å². The summed E-state index contributed by atoms with van der Waals surface area (Å²) in [6.45, 7) is 10.9. The Morgan fingerprint density at radius 2 is 2.05 bits per heavy atom. The topological polar surface area (TPSA) is 68.1 Å². The van der Waals surface area contributed by atoms with Gasteiger partial charge in [0.2, 0.25) is 0 Å². The second-order valence-electron chi connectivity index (χ2n) is 5.34. The van der Waals surface area contributed by atoms with E-state index in [-0.39, 0.29) is 10.6 Å². The minimum absolute atomic E-state index is 0.209. The predicted octanol–water partition coefficient (Wildman–Crippen LogP) is 3.17. The van der Waals surface area contributed by atoms with Crippen LogP contribution in [0.25, 0.3) is 0 Å². The van der Waals surface area contributed by atoms with Crippen LogP contribution in [0.1, 0.15) is 44.0 Å². The van der Waals surface area contributed by atoms with E-state index < -0.39 is 0 Å². The Morgan fingerprint density at radius 1 is 1.40 bits per heavy atom. The number of aryl methyl sites for hydroxylation is 1. The van der Waals surface area contributed by atoms with Crippen molar-refractivity contribution >= 4 is 5.69 Å². The molecule has 1 rings (SSSR count). The van der Waals surface area contributed by atoms with E-state index in [0.29, 0.717) is 23.1 Å². The van der Waals surface area contributed by atoms with Gasteiger partial charge < -0.3 is 5.32 Å². The van der Waals surface area contributed by atoms with Crippen LogP contribution in [0.2, 0.25) is 0 Å². The van der Waals surface area contributed by atoms with Crippen molar-refractivity contribution in [3.8, 4) is 0 Å². The van der Waals surface area contributed by atoms with Crippen LogP contribution in [-0.4, -0.2) is 22.5 Å². The lowest BCUT2D eigenvalue weighted by Gasteiger charge is -2.23. The molecule has 5 nitrogen and oxygen atoms in total. The van der Waals surface area contributed by atoms with Gasteiger partial charge in [0.05, 0.1) is 10.6 Å². The standard InChI is InChI=1S/C15H25N3O2/c1-6-13(12(5)16-7-2)8-14-11(4)15(18(19)20)10(3)9-17-14/h9,12-13,16H,6-8H2,1-5H3. The highest BCUT2D eigenvalue weighted by molar-refractivity contribution is 5.47. The normalized spacial score (nSPS) is 14.1. The smallest absolute Gasteiger partial charge is 0.278 e. The zero-order valence-corrected chi connectivity index (χ0v) is 13.1. The summed E-state index contributed by atoms with van der Waals surface area (Å²) >= 11 is 0. The summed E-state index contributed by atoms with van der Waals surface area (Å²) in [4.78, 5) is 15.3. The number of hydrogen-bond donors (Lipinski definition) is 1. The van der Waals surface area contributed by atoms with E-state index in [4.69, 9.17) is 0 Å². The molecule has 0 radical (unpaired) electrons. The maximum Gasteiger partial charge on any atom is 0.278 e. The van der Waals surface area contributed by atoms with Crippen molar-refractivity contribution in [2.45, 2.75) is 53.5 Å². The van der Waals surface area contributed by atoms with Gasteiger partial charge in [-0.3, -0.25) is 15.1 Å². The van der Waals surface area contributed by atoms with Crippen molar-refractivity contribution in [3.05, 3.63) is 33.1 Å². The summed E-state index contributed by atoms with van der Waals surface area (Å²) < 4.78 is 0. The van der Waals surface area contributed by atoms with Gasteiger partial charge >= 0.3 is 0 Å². The van der Waals surface area contributed by atoms with E-state index in [1.807, 2.05) is 0 Å². The van der Waals surface area contributed by atoms with Crippen LogP contribution in [0.5, 0.6) is 0 Å². The van der Waals surface area contributed by atoms with Gasteiger partial charge in [-0.15, -0.1) is 0 Å². The summed E-state index contributed by atoms with van der Waals surface area (Å²) in [5, 5.41) is 14.6. The van der Waals surface area contributed by atoms with E-state index in [1.165, 1.54) is 0 Å². The van der Waals surface area contributed by atoms with Crippen molar-refractivity contribution in [2.75, 3.05) is 6.54 Å². The molecule has 0 aliphatic carbocycles. The fraction of sp³-hybridized carbons (Fsp3) is 0.667. The lowest BCUT2D eigenvalue weighted by atomic mass is 9.91. The van der Waals surface area contributed by atoms with Gasteiger partial charge in [-0.1, -0.05) is 20.3 Å². The van der Waals surface area contributed by atoms with Crippen LogP contribution in [0.4, 0.5) is 5.69 Å². The Hall–Kier alpha value is -1.49. The number of pyridine rings is 1. The largest absolute Gasteiger partial charge is 0.314 e. The fourth-order valence-corrected chi connectivity index (χ4v) is 2.66. The number of rotatable bonds is 7. The molecule has 2 atom stereocenters. The molecule has 1 heterocycles. The highest BCUT2D eigenvalue weighted by Gasteiger charge is 2.22. The lowest BCUT2D eigenvalue weighted by molar-refractivity contribution is -0.386. The molecule has 0 aromatic carbocycles. The average Bonchev–Trinajstić information content (AvgIpc) is 2.37. The van der Waals surface area contributed by atoms with Crippen molar-refractivity contribution in [1.29, 1.82) is 0 Å². The van der Waals surface area contributed by atoms with E-state index in [1.54, 1.807) is 20.0 Å². The molecule has 0 amide bonds. The second-order valence-corrected chi connectivity index (χ2v) is 5.34. The third kappa shape index (κ3) is 3.76. The van der Waals surface area contributed by atoms with Gasteiger partial charge in [0, 0.05) is 23.4 Å². The predicted molar refractivity (Wildman–Crippen MR) is 81.0 cm³/mol. The minimum Gasteiger partial charge on any atom is -0.314 e. The third-order valence-electron chi connectivity index (χ3n) is 3.97. The molecule has 1 aromatic rings. The maximum atomic E-state index is 11.2. The van der Waals surface area contributed by atoms with Crippen LogP contribution in [0, 0.1) is 29.9 Å². The summed E-state index contributed by atoms with van der Waals surface area (Å²) in [6, 6.07) is 0.381. The van der Waals surface area contributed by atoms with Crippen LogP contribution in [0.15, 0.2) is 6.20 Å². The molecular weight excluding hydrogens is 254 g/mol. The number of nitrogens with zero attached hydrogens (tertiary/aromatic N) is 2. The highest BCUT2D eigenvalue weighted by Crippen LogP contribution is 2.26. The van der Waals surface area contributed by atoms with E-state index in [2.05, 4.69) is 31.1 Å². The second kappa shape index (κ2) is 7.33. The molecule has 0 aliphatic rings. The van der Waals surface area contributed by atoms with E-state index >= 15 is 0 Å². The van der Waals surface area contributed by atoms with Crippen LogP contribution < -0.4 is 5.32 Å².